The maximum atomic E-state index is 12.1. The second-order valence-corrected chi connectivity index (χ2v) is 6.49. The van der Waals surface area contributed by atoms with E-state index in [9.17, 15) is 9.59 Å². The molecule has 2 aromatic carbocycles. The van der Waals surface area contributed by atoms with Crippen LogP contribution in [0.4, 0.5) is 0 Å². The molecule has 26 heavy (non-hydrogen) atoms. The van der Waals surface area contributed by atoms with Crippen LogP contribution in [0, 0.1) is 6.92 Å². The lowest BCUT2D eigenvalue weighted by Gasteiger charge is -2.08. The number of aryl methyl sites for hydroxylation is 1. The number of carbonyl (C=O) groups excluding carboxylic acids is 1. The number of hydrogen-bond donors (Lipinski definition) is 2. The average Bonchev–Trinajstić information content (AvgIpc) is 2.62. The maximum absolute atomic E-state index is 12.1. The summed E-state index contributed by atoms with van der Waals surface area (Å²) in [5.74, 6) is 0.332. The van der Waals surface area contributed by atoms with E-state index in [1.807, 2.05) is 31.2 Å². The molecule has 3 rings (SSSR count). The van der Waals surface area contributed by atoms with Crippen molar-refractivity contribution in [1.29, 1.82) is 0 Å². The maximum Gasteiger partial charge on any atom is 0.257 e. The van der Waals surface area contributed by atoms with Crippen molar-refractivity contribution in [3.63, 3.8) is 0 Å². The summed E-state index contributed by atoms with van der Waals surface area (Å²) in [4.78, 5) is 26.9. The van der Waals surface area contributed by atoms with Gasteiger partial charge in [-0.15, -0.1) is 0 Å². The van der Waals surface area contributed by atoms with Gasteiger partial charge in [0.1, 0.15) is 5.75 Å². The Balaban J connectivity index is 1.53. The predicted octanol–water partition coefficient (Wildman–Crippen LogP) is 3.23. The minimum atomic E-state index is -0.243. The molecular weight excluding hydrogens is 352 g/mol. The van der Waals surface area contributed by atoms with Gasteiger partial charge in [0.2, 0.25) is 0 Å². The number of hydrogen-bond acceptors (Lipinski definition) is 3. The molecule has 0 saturated heterocycles. The first-order valence-corrected chi connectivity index (χ1v) is 8.67. The molecule has 0 bridgehead atoms. The first-order valence-electron chi connectivity index (χ1n) is 8.29. The van der Waals surface area contributed by atoms with Crippen LogP contribution in [-0.4, -0.2) is 24.0 Å². The number of halogens is 1. The zero-order chi connectivity index (χ0) is 18.5. The molecule has 0 spiro atoms. The summed E-state index contributed by atoms with van der Waals surface area (Å²) in [5.41, 5.74) is 2.45. The van der Waals surface area contributed by atoms with Crippen LogP contribution in [0.3, 0.4) is 0 Å². The molecule has 0 aliphatic heterocycles. The summed E-state index contributed by atoms with van der Waals surface area (Å²) < 4.78 is 5.38. The number of fused-ring (bicyclic) bond motifs is 1. The van der Waals surface area contributed by atoms with Crippen LogP contribution in [0.15, 0.2) is 53.3 Å². The highest BCUT2D eigenvalue weighted by atomic mass is 35.5. The van der Waals surface area contributed by atoms with Gasteiger partial charge in [-0.2, -0.15) is 0 Å². The largest absolute Gasteiger partial charge is 0.484 e. The van der Waals surface area contributed by atoms with Gasteiger partial charge in [-0.3, -0.25) is 9.59 Å². The Morgan fingerprint density at radius 2 is 1.92 bits per heavy atom. The van der Waals surface area contributed by atoms with Crippen LogP contribution < -0.4 is 15.6 Å². The Bertz CT molecular complexity index is 981. The van der Waals surface area contributed by atoms with Crippen LogP contribution in [0.5, 0.6) is 5.75 Å². The monoisotopic (exact) mass is 370 g/mol. The standard InChI is InChI=1S/C20H19ClN2O3/c1-13-2-7-18-15(10-13)11-14(20(25)23-18)8-9-22-19(24)12-26-17-5-3-16(21)4-6-17/h2-7,10-11H,8-9,12H2,1H3,(H,22,24)(H,23,25). The number of benzene rings is 2. The molecular formula is C20H19ClN2O3. The highest BCUT2D eigenvalue weighted by Crippen LogP contribution is 2.15. The van der Waals surface area contributed by atoms with Gasteiger partial charge in [0.25, 0.3) is 11.5 Å². The first kappa shape index (κ1) is 18.0. The van der Waals surface area contributed by atoms with Crippen LogP contribution in [-0.2, 0) is 11.2 Å². The summed E-state index contributed by atoms with van der Waals surface area (Å²) >= 11 is 5.80. The number of rotatable bonds is 6. The zero-order valence-corrected chi connectivity index (χ0v) is 15.1. The Morgan fingerprint density at radius 3 is 2.69 bits per heavy atom. The van der Waals surface area contributed by atoms with Crippen molar-refractivity contribution in [2.75, 3.05) is 13.2 Å². The van der Waals surface area contributed by atoms with Crippen molar-refractivity contribution in [3.8, 4) is 5.75 Å². The molecule has 3 aromatic rings. The lowest BCUT2D eigenvalue weighted by Crippen LogP contribution is -2.31. The van der Waals surface area contributed by atoms with E-state index in [0.717, 1.165) is 16.5 Å². The molecule has 0 aliphatic rings. The Kier molecular flexibility index (Phi) is 5.58. The van der Waals surface area contributed by atoms with Gasteiger partial charge in [-0.25, -0.2) is 0 Å². The molecule has 1 amide bonds. The topological polar surface area (TPSA) is 71.2 Å². The molecule has 0 unspecified atom stereocenters. The Morgan fingerprint density at radius 1 is 1.15 bits per heavy atom. The van der Waals surface area contributed by atoms with Crippen LogP contribution in [0.1, 0.15) is 11.1 Å². The molecule has 1 heterocycles. The van der Waals surface area contributed by atoms with Gasteiger partial charge in [-0.05, 0) is 61.2 Å². The van der Waals surface area contributed by atoms with Crippen molar-refractivity contribution >= 4 is 28.4 Å². The van der Waals surface area contributed by atoms with E-state index in [1.165, 1.54) is 0 Å². The molecule has 0 radical (unpaired) electrons. The van der Waals surface area contributed by atoms with Crippen molar-refractivity contribution in [2.45, 2.75) is 13.3 Å². The third-order valence-corrected chi connectivity index (χ3v) is 4.23. The van der Waals surface area contributed by atoms with E-state index in [0.29, 0.717) is 29.3 Å². The fourth-order valence-electron chi connectivity index (χ4n) is 2.62. The number of amides is 1. The lowest BCUT2D eigenvalue weighted by atomic mass is 10.1. The molecule has 1 aromatic heterocycles. The zero-order valence-electron chi connectivity index (χ0n) is 14.3. The van der Waals surface area contributed by atoms with Crippen molar-refractivity contribution in [2.24, 2.45) is 0 Å². The van der Waals surface area contributed by atoms with Crippen LogP contribution in [0.25, 0.3) is 10.9 Å². The smallest absolute Gasteiger partial charge is 0.257 e. The van der Waals surface area contributed by atoms with Crippen molar-refractivity contribution < 1.29 is 9.53 Å². The number of ether oxygens (including phenoxy) is 1. The Hall–Kier alpha value is -2.79. The molecule has 0 saturated carbocycles. The molecule has 2 N–H and O–H groups in total. The van der Waals surface area contributed by atoms with Crippen LogP contribution >= 0.6 is 11.6 Å². The predicted molar refractivity (Wildman–Crippen MR) is 103 cm³/mol. The summed E-state index contributed by atoms with van der Waals surface area (Å²) in [6.45, 7) is 2.28. The number of carbonyl (C=O) groups is 1. The molecule has 0 aliphatic carbocycles. The van der Waals surface area contributed by atoms with Gasteiger partial charge in [-0.1, -0.05) is 23.2 Å². The van der Waals surface area contributed by atoms with Gasteiger partial charge in [0.15, 0.2) is 6.61 Å². The van der Waals surface area contributed by atoms with E-state index in [4.69, 9.17) is 16.3 Å². The second kappa shape index (κ2) is 8.06. The summed E-state index contributed by atoms with van der Waals surface area (Å²) in [6, 6.07) is 14.5. The third kappa shape index (κ3) is 4.64. The normalized spacial score (nSPS) is 10.7. The van der Waals surface area contributed by atoms with Gasteiger partial charge in [0.05, 0.1) is 0 Å². The molecule has 0 atom stereocenters. The summed E-state index contributed by atoms with van der Waals surface area (Å²) in [7, 11) is 0. The van der Waals surface area contributed by atoms with Gasteiger partial charge in [0, 0.05) is 22.6 Å². The lowest BCUT2D eigenvalue weighted by molar-refractivity contribution is -0.123. The van der Waals surface area contributed by atoms with E-state index < -0.39 is 0 Å². The number of nitrogens with one attached hydrogen (secondary N) is 2. The second-order valence-electron chi connectivity index (χ2n) is 6.06. The van der Waals surface area contributed by atoms with Crippen molar-refractivity contribution in [1.82, 2.24) is 10.3 Å². The number of H-pyrrole nitrogens is 1. The van der Waals surface area contributed by atoms with Gasteiger partial charge < -0.3 is 15.0 Å². The number of aromatic amines is 1. The van der Waals surface area contributed by atoms with E-state index in [-0.39, 0.29) is 18.1 Å². The van der Waals surface area contributed by atoms with E-state index >= 15 is 0 Å². The first-order chi connectivity index (χ1) is 12.5. The van der Waals surface area contributed by atoms with Crippen molar-refractivity contribution in [3.05, 3.63) is 75.0 Å². The quantitative estimate of drug-likeness (QED) is 0.699. The fraction of sp³-hybridized carbons (Fsp3) is 0.200. The summed E-state index contributed by atoms with van der Waals surface area (Å²) in [5, 5.41) is 4.35. The SMILES string of the molecule is Cc1ccc2[nH]c(=O)c(CCNC(=O)COc3ccc(Cl)cc3)cc2c1. The molecule has 134 valence electrons. The number of pyridine rings is 1. The number of aromatic nitrogens is 1. The highest BCUT2D eigenvalue weighted by molar-refractivity contribution is 6.30. The van der Waals surface area contributed by atoms with Gasteiger partial charge >= 0.3 is 0 Å². The van der Waals surface area contributed by atoms with Crippen LogP contribution in [0.2, 0.25) is 5.02 Å². The van der Waals surface area contributed by atoms with E-state index in [1.54, 1.807) is 24.3 Å². The highest BCUT2D eigenvalue weighted by Gasteiger charge is 2.06. The molecule has 0 fully saturated rings. The fourth-order valence-corrected chi connectivity index (χ4v) is 2.75. The summed E-state index contributed by atoms with van der Waals surface area (Å²) in [6.07, 6.45) is 0.450. The molecule has 5 nitrogen and oxygen atoms in total. The molecule has 6 heteroatoms. The third-order valence-electron chi connectivity index (χ3n) is 3.98. The minimum absolute atomic E-state index is 0.0884. The Labute approximate surface area is 156 Å². The average molecular weight is 371 g/mol. The minimum Gasteiger partial charge on any atom is -0.484 e. The van der Waals surface area contributed by atoms with E-state index in [2.05, 4.69) is 10.3 Å².